The van der Waals surface area contributed by atoms with Crippen molar-refractivity contribution in [3.63, 3.8) is 0 Å². The Morgan fingerprint density at radius 1 is 1.15 bits per heavy atom. The molecule has 0 saturated carbocycles. The molecular formula is C16H21NaO10. The third kappa shape index (κ3) is 7.56. The minimum atomic E-state index is -2.32. The van der Waals surface area contributed by atoms with Gasteiger partial charge in [0.05, 0.1) is 13.7 Å². The number of rotatable bonds is 8. The minimum absolute atomic E-state index is 0. The van der Waals surface area contributed by atoms with Gasteiger partial charge >= 0.3 is 41.5 Å². The van der Waals surface area contributed by atoms with Gasteiger partial charge in [-0.1, -0.05) is 6.07 Å². The topological polar surface area (TPSA) is 174 Å². The van der Waals surface area contributed by atoms with Crippen LogP contribution in [0.15, 0.2) is 24.3 Å². The van der Waals surface area contributed by atoms with E-state index in [9.17, 15) is 30.0 Å². The van der Waals surface area contributed by atoms with E-state index in [1.165, 1.54) is 31.4 Å². The molecule has 11 heteroatoms. The molecule has 10 nitrogen and oxygen atoms in total. The van der Waals surface area contributed by atoms with Gasteiger partial charge in [0.1, 0.15) is 18.3 Å². The summed E-state index contributed by atoms with van der Waals surface area (Å²) < 4.78 is 9.18. The van der Waals surface area contributed by atoms with E-state index in [4.69, 9.17) is 14.9 Å². The summed E-state index contributed by atoms with van der Waals surface area (Å²) in [7, 11) is 1.34. The molecule has 6 N–H and O–H groups in total. The Morgan fingerprint density at radius 3 is 2.33 bits per heavy atom. The van der Waals surface area contributed by atoms with Gasteiger partial charge in [-0.05, 0) is 23.8 Å². The number of aromatic hydroxyl groups is 1. The third-order valence-corrected chi connectivity index (χ3v) is 3.31. The van der Waals surface area contributed by atoms with Crippen molar-refractivity contribution in [1.29, 1.82) is 0 Å². The second-order valence-corrected chi connectivity index (χ2v) is 5.18. The summed E-state index contributed by atoms with van der Waals surface area (Å²) in [6.07, 6.45) is -6.24. The molecule has 0 radical (unpaired) electrons. The van der Waals surface area contributed by atoms with Crippen molar-refractivity contribution in [1.82, 2.24) is 0 Å². The van der Waals surface area contributed by atoms with Gasteiger partial charge in [-0.25, -0.2) is 9.59 Å². The van der Waals surface area contributed by atoms with Crippen LogP contribution in [0.2, 0.25) is 0 Å². The van der Waals surface area contributed by atoms with Crippen LogP contribution in [0.5, 0.6) is 11.5 Å². The Balaban J connectivity index is 0.00000676. The van der Waals surface area contributed by atoms with Crippen LogP contribution in [0.25, 0.3) is 6.08 Å². The molecule has 0 spiro atoms. The summed E-state index contributed by atoms with van der Waals surface area (Å²) in [5.41, 5.74) is 0.436. The summed E-state index contributed by atoms with van der Waals surface area (Å²) in [6.45, 7) is -0.919. The molecule has 0 fully saturated rings. The van der Waals surface area contributed by atoms with Crippen LogP contribution in [0, 0.1) is 0 Å². The zero-order valence-corrected chi connectivity index (χ0v) is 13.7. The number of aliphatic hydroxyl groups excluding tert-OH is 5. The zero-order valence-electron chi connectivity index (χ0n) is 13.7. The monoisotopic (exact) mass is 396 g/mol. The molecule has 1 rings (SSSR count). The first-order valence-electron chi connectivity index (χ1n) is 7.35. The maximum atomic E-state index is 11.6. The molecule has 0 aliphatic rings. The van der Waals surface area contributed by atoms with E-state index in [0.717, 1.165) is 6.08 Å². The van der Waals surface area contributed by atoms with E-state index >= 15 is 0 Å². The average Bonchev–Trinajstić information content (AvgIpc) is 2.64. The van der Waals surface area contributed by atoms with Gasteiger partial charge in [-0.15, -0.1) is 0 Å². The summed E-state index contributed by atoms with van der Waals surface area (Å²) in [5.74, 6) is -2.68. The molecule has 0 bridgehead atoms. The van der Waals surface area contributed by atoms with Crippen molar-refractivity contribution in [3.8, 4) is 11.5 Å². The standard InChI is InChI=1S/C16H20O10.Na.H/c1-25-11-6-8(2-4-9(11)18)3-5-12(20)26-16(24)15(23)14(22)13(21)10(19)7-17;;/h2-6,10,13-15,17-19,21-23H,7H2,1H3;;/t10-,13-,14+,15-;;/m1../s1. The van der Waals surface area contributed by atoms with Gasteiger partial charge in [0.2, 0.25) is 0 Å². The van der Waals surface area contributed by atoms with Crippen molar-refractivity contribution in [2.24, 2.45) is 0 Å². The Bertz CT molecular complexity index is 663. The predicted octanol–water partition coefficient (Wildman–Crippen LogP) is -2.73. The summed E-state index contributed by atoms with van der Waals surface area (Å²) in [6, 6.07) is 4.18. The number of benzene rings is 1. The fourth-order valence-corrected chi connectivity index (χ4v) is 1.82. The van der Waals surface area contributed by atoms with Gasteiger partial charge < -0.3 is 40.1 Å². The van der Waals surface area contributed by atoms with Crippen LogP contribution < -0.4 is 4.74 Å². The molecule has 4 atom stereocenters. The fraction of sp³-hybridized carbons (Fsp3) is 0.375. The number of phenolic OH excluding ortho intramolecular Hbond substituents is 1. The quantitative estimate of drug-likeness (QED) is 0.117. The van der Waals surface area contributed by atoms with Crippen molar-refractivity contribution < 1.29 is 49.7 Å². The molecule has 0 unspecified atom stereocenters. The van der Waals surface area contributed by atoms with E-state index in [1.807, 2.05) is 0 Å². The Labute approximate surface area is 176 Å². The molecule has 27 heavy (non-hydrogen) atoms. The molecule has 0 aliphatic heterocycles. The molecular weight excluding hydrogens is 375 g/mol. The van der Waals surface area contributed by atoms with Crippen LogP contribution in [-0.2, 0) is 14.3 Å². The van der Waals surface area contributed by atoms with Crippen LogP contribution >= 0.6 is 0 Å². The fourth-order valence-electron chi connectivity index (χ4n) is 1.82. The van der Waals surface area contributed by atoms with Crippen molar-refractivity contribution in [2.75, 3.05) is 13.7 Å². The molecule has 0 saturated heterocycles. The Hall–Kier alpha value is -1.50. The van der Waals surface area contributed by atoms with Gasteiger partial charge in [-0.3, -0.25) is 0 Å². The Morgan fingerprint density at radius 2 is 1.78 bits per heavy atom. The predicted molar refractivity (Wildman–Crippen MR) is 93.1 cm³/mol. The van der Waals surface area contributed by atoms with Crippen LogP contribution in [0.4, 0.5) is 0 Å². The zero-order chi connectivity index (χ0) is 19.9. The number of carbonyl (C=O) groups excluding carboxylic acids is 2. The average molecular weight is 396 g/mol. The number of ether oxygens (including phenoxy) is 2. The van der Waals surface area contributed by atoms with Crippen molar-refractivity contribution in [3.05, 3.63) is 29.8 Å². The van der Waals surface area contributed by atoms with Crippen LogP contribution in [-0.4, -0.2) is 110 Å². The van der Waals surface area contributed by atoms with Gasteiger partial charge in [0.15, 0.2) is 17.6 Å². The first-order valence-corrected chi connectivity index (χ1v) is 7.35. The van der Waals surface area contributed by atoms with E-state index in [2.05, 4.69) is 4.74 Å². The molecule has 0 aromatic heterocycles. The molecule has 0 amide bonds. The number of hydrogen-bond donors (Lipinski definition) is 6. The second-order valence-electron chi connectivity index (χ2n) is 5.18. The van der Waals surface area contributed by atoms with E-state index in [0.29, 0.717) is 5.56 Å². The summed E-state index contributed by atoms with van der Waals surface area (Å²) in [4.78, 5) is 23.2. The number of phenols is 1. The first-order chi connectivity index (χ1) is 12.2. The van der Waals surface area contributed by atoms with Crippen LogP contribution in [0.3, 0.4) is 0 Å². The van der Waals surface area contributed by atoms with Crippen molar-refractivity contribution >= 4 is 47.6 Å². The first kappa shape index (κ1) is 25.5. The molecule has 1 aromatic rings. The molecule has 0 heterocycles. The van der Waals surface area contributed by atoms with E-state index in [-0.39, 0.29) is 41.1 Å². The Kier molecular flexibility index (Phi) is 11.4. The van der Waals surface area contributed by atoms with E-state index in [1.54, 1.807) is 0 Å². The molecule has 0 aliphatic carbocycles. The number of esters is 2. The van der Waals surface area contributed by atoms with Gasteiger partial charge in [0, 0.05) is 6.08 Å². The van der Waals surface area contributed by atoms with Gasteiger partial charge in [0.25, 0.3) is 0 Å². The number of methoxy groups -OCH3 is 1. The summed E-state index contributed by atoms with van der Waals surface area (Å²) in [5, 5.41) is 55.7. The van der Waals surface area contributed by atoms with Crippen molar-refractivity contribution in [2.45, 2.75) is 24.4 Å². The van der Waals surface area contributed by atoms with Crippen LogP contribution in [0.1, 0.15) is 5.56 Å². The molecule has 1 aromatic carbocycles. The van der Waals surface area contributed by atoms with E-state index < -0.39 is 43.0 Å². The maximum absolute atomic E-state index is 11.6. The number of hydrogen-bond acceptors (Lipinski definition) is 10. The SMILES string of the molecule is COc1cc(C=CC(=O)OC(=O)[C@H](O)[C@@H](O)[C@H](O)[C@H](O)CO)ccc1O.[NaH]. The molecule has 146 valence electrons. The second kappa shape index (κ2) is 12.1. The third-order valence-electron chi connectivity index (χ3n) is 3.31. The normalized spacial score (nSPS) is 15.3. The van der Waals surface area contributed by atoms with Gasteiger partial charge in [-0.2, -0.15) is 0 Å². The number of aliphatic hydroxyl groups is 5. The number of carbonyl (C=O) groups is 2. The summed E-state index contributed by atoms with van der Waals surface area (Å²) >= 11 is 0.